The van der Waals surface area contributed by atoms with Crippen LogP contribution in [-0.4, -0.2) is 28.0 Å². The molecule has 118 valence electrons. The lowest BCUT2D eigenvalue weighted by Crippen LogP contribution is -2.15. The van der Waals surface area contributed by atoms with E-state index in [0.717, 1.165) is 19.3 Å². The standard InChI is InChI=1S/C14H24N4O3/c1-5-6-7-8-9-10(2)21-13-12(18(19)20)11(3)16-14(15-4)17-13/h10H,5-9H2,1-4H3,(H,15,16,17). The van der Waals surface area contributed by atoms with E-state index in [4.69, 9.17) is 4.74 Å². The van der Waals surface area contributed by atoms with E-state index in [1.54, 1.807) is 14.0 Å². The second-order valence-electron chi connectivity index (χ2n) is 5.07. The number of nitrogens with one attached hydrogen (secondary N) is 1. The smallest absolute Gasteiger partial charge is 0.352 e. The number of aromatic nitrogens is 2. The van der Waals surface area contributed by atoms with Crippen LogP contribution in [0.1, 0.15) is 51.6 Å². The lowest BCUT2D eigenvalue weighted by Gasteiger charge is -2.14. The molecule has 1 unspecified atom stereocenters. The third-order valence-electron chi connectivity index (χ3n) is 3.21. The van der Waals surface area contributed by atoms with Gasteiger partial charge in [-0.2, -0.15) is 4.98 Å². The van der Waals surface area contributed by atoms with E-state index >= 15 is 0 Å². The molecule has 1 aromatic heterocycles. The average molecular weight is 296 g/mol. The highest BCUT2D eigenvalue weighted by atomic mass is 16.6. The maximum Gasteiger partial charge on any atom is 0.352 e. The Kier molecular flexibility index (Phi) is 6.84. The fourth-order valence-electron chi connectivity index (χ4n) is 2.05. The first-order valence-corrected chi connectivity index (χ1v) is 7.37. The number of nitro groups is 1. The molecule has 0 aliphatic carbocycles. The SMILES string of the molecule is CCCCCCC(C)Oc1nc(NC)nc(C)c1[N+](=O)[O-]. The second-order valence-corrected chi connectivity index (χ2v) is 5.07. The number of anilines is 1. The largest absolute Gasteiger partial charge is 0.470 e. The highest BCUT2D eigenvalue weighted by Crippen LogP contribution is 2.29. The van der Waals surface area contributed by atoms with Gasteiger partial charge in [0.15, 0.2) is 0 Å². The number of unbranched alkanes of at least 4 members (excludes halogenated alkanes) is 3. The lowest BCUT2D eigenvalue weighted by molar-refractivity contribution is -0.387. The first kappa shape index (κ1) is 17.1. The molecule has 0 aliphatic heterocycles. The first-order valence-electron chi connectivity index (χ1n) is 7.37. The summed E-state index contributed by atoms with van der Waals surface area (Å²) in [4.78, 5) is 18.8. The lowest BCUT2D eigenvalue weighted by atomic mass is 10.1. The molecule has 1 heterocycles. The van der Waals surface area contributed by atoms with Gasteiger partial charge in [0.25, 0.3) is 5.88 Å². The predicted molar refractivity (Wildman–Crippen MR) is 81.8 cm³/mol. The predicted octanol–water partition coefficient (Wildman–Crippen LogP) is 3.47. The van der Waals surface area contributed by atoms with E-state index in [9.17, 15) is 10.1 Å². The molecule has 0 radical (unpaired) electrons. The third-order valence-corrected chi connectivity index (χ3v) is 3.21. The van der Waals surface area contributed by atoms with Crippen molar-refractivity contribution in [3.63, 3.8) is 0 Å². The van der Waals surface area contributed by atoms with Gasteiger partial charge in [-0.05, 0) is 26.7 Å². The van der Waals surface area contributed by atoms with Crippen LogP contribution in [0.3, 0.4) is 0 Å². The van der Waals surface area contributed by atoms with Gasteiger partial charge in [-0.3, -0.25) is 10.1 Å². The molecule has 0 aromatic carbocycles. The average Bonchev–Trinajstić information content (AvgIpc) is 2.42. The zero-order chi connectivity index (χ0) is 15.8. The summed E-state index contributed by atoms with van der Waals surface area (Å²) >= 11 is 0. The van der Waals surface area contributed by atoms with Crippen LogP contribution in [0.25, 0.3) is 0 Å². The van der Waals surface area contributed by atoms with Crippen LogP contribution in [0.5, 0.6) is 5.88 Å². The molecule has 0 saturated heterocycles. The molecule has 1 aromatic rings. The minimum Gasteiger partial charge on any atom is -0.470 e. The Labute approximate surface area is 125 Å². The van der Waals surface area contributed by atoms with E-state index in [0.29, 0.717) is 11.6 Å². The van der Waals surface area contributed by atoms with Crippen molar-refractivity contribution in [3.8, 4) is 5.88 Å². The van der Waals surface area contributed by atoms with Crippen molar-refractivity contribution in [2.45, 2.75) is 59.0 Å². The Hall–Kier alpha value is -1.92. The number of nitrogens with zero attached hydrogens (tertiary/aromatic N) is 3. The second kappa shape index (κ2) is 8.39. The first-order chi connectivity index (χ1) is 9.99. The van der Waals surface area contributed by atoms with Gasteiger partial charge in [0.1, 0.15) is 5.69 Å². The molecule has 0 fully saturated rings. The van der Waals surface area contributed by atoms with Crippen molar-refractivity contribution in [2.24, 2.45) is 0 Å². The van der Waals surface area contributed by atoms with Crippen molar-refractivity contribution in [1.82, 2.24) is 9.97 Å². The Morgan fingerprint density at radius 2 is 2.05 bits per heavy atom. The molecule has 1 rings (SSSR count). The van der Waals surface area contributed by atoms with Crippen LogP contribution in [-0.2, 0) is 0 Å². The maximum atomic E-state index is 11.1. The molecule has 0 bridgehead atoms. The molecule has 1 N–H and O–H groups in total. The van der Waals surface area contributed by atoms with Crippen LogP contribution in [0, 0.1) is 17.0 Å². The maximum absolute atomic E-state index is 11.1. The van der Waals surface area contributed by atoms with Crippen molar-refractivity contribution < 1.29 is 9.66 Å². The molecule has 1 atom stereocenters. The van der Waals surface area contributed by atoms with Gasteiger partial charge in [0.05, 0.1) is 11.0 Å². The molecule has 0 saturated carbocycles. The van der Waals surface area contributed by atoms with Gasteiger partial charge in [0, 0.05) is 7.05 Å². The monoisotopic (exact) mass is 296 g/mol. The highest BCUT2D eigenvalue weighted by molar-refractivity contribution is 5.48. The number of ether oxygens (including phenoxy) is 1. The van der Waals surface area contributed by atoms with Gasteiger partial charge in [-0.1, -0.05) is 26.2 Å². The normalized spacial score (nSPS) is 12.0. The van der Waals surface area contributed by atoms with Crippen molar-refractivity contribution in [2.75, 3.05) is 12.4 Å². The van der Waals surface area contributed by atoms with E-state index in [1.807, 2.05) is 6.92 Å². The Morgan fingerprint density at radius 3 is 2.62 bits per heavy atom. The Bertz CT molecular complexity index is 480. The van der Waals surface area contributed by atoms with E-state index in [2.05, 4.69) is 22.2 Å². The minimum atomic E-state index is -0.492. The fraction of sp³-hybridized carbons (Fsp3) is 0.714. The van der Waals surface area contributed by atoms with Gasteiger partial charge in [-0.25, -0.2) is 4.98 Å². The Balaban J connectivity index is 2.80. The topological polar surface area (TPSA) is 90.2 Å². The molecule has 7 heteroatoms. The highest BCUT2D eigenvalue weighted by Gasteiger charge is 2.24. The van der Waals surface area contributed by atoms with E-state index < -0.39 is 4.92 Å². The summed E-state index contributed by atoms with van der Waals surface area (Å²) in [7, 11) is 1.67. The number of aryl methyl sites for hydroxylation is 1. The molecule has 0 amide bonds. The van der Waals surface area contributed by atoms with Crippen LogP contribution in [0.15, 0.2) is 0 Å². The summed E-state index contributed by atoms with van der Waals surface area (Å²) in [5.41, 5.74) is 0.141. The summed E-state index contributed by atoms with van der Waals surface area (Å²) in [5, 5.41) is 13.9. The van der Waals surface area contributed by atoms with E-state index in [-0.39, 0.29) is 17.7 Å². The molecule has 0 spiro atoms. The van der Waals surface area contributed by atoms with Gasteiger partial charge < -0.3 is 10.1 Å². The summed E-state index contributed by atoms with van der Waals surface area (Å²) in [6, 6.07) is 0. The van der Waals surface area contributed by atoms with Crippen molar-refractivity contribution in [1.29, 1.82) is 0 Å². The van der Waals surface area contributed by atoms with Gasteiger partial charge >= 0.3 is 5.69 Å². The van der Waals surface area contributed by atoms with Crippen molar-refractivity contribution >= 4 is 11.6 Å². The van der Waals surface area contributed by atoms with Crippen LogP contribution in [0.2, 0.25) is 0 Å². The van der Waals surface area contributed by atoms with Crippen LogP contribution in [0.4, 0.5) is 11.6 Å². The molecule has 0 aliphatic rings. The number of hydrogen-bond acceptors (Lipinski definition) is 6. The summed E-state index contributed by atoms with van der Waals surface area (Å²) in [6.07, 6.45) is 5.32. The molecular weight excluding hydrogens is 272 g/mol. The molecule has 21 heavy (non-hydrogen) atoms. The van der Waals surface area contributed by atoms with Crippen LogP contribution >= 0.6 is 0 Å². The van der Waals surface area contributed by atoms with Gasteiger partial charge in [0.2, 0.25) is 5.95 Å². The summed E-state index contributed by atoms with van der Waals surface area (Å²) in [6.45, 7) is 5.65. The number of rotatable bonds is 9. The quantitative estimate of drug-likeness (QED) is 0.426. The zero-order valence-electron chi connectivity index (χ0n) is 13.2. The van der Waals surface area contributed by atoms with Crippen LogP contribution < -0.4 is 10.1 Å². The van der Waals surface area contributed by atoms with Gasteiger partial charge in [-0.15, -0.1) is 0 Å². The number of hydrogen-bond donors (Lipinski definition) is 1. The van der Waals surface area contributed by atoms with E-state index in [1.165, 1.54) is 12.8 Å². The minimum absolute atomic E-state index is 0.0415. The summed E-state index contributed by atoms with van der Waals surface area (Å²) in [5.74, 6) is 0.367. The fourth-order valence-corrected chi connectivity index (χ4v) is 2.05. The molecule has 7 nitrogen and oxygen atoms in total. The Morgan fingerprint density at radius 1 is 1.33 bits per heavy atom. The molecular formula is C14H24N4O3. The zero-order valence-corrected chi connectivity index (χ0v) is 13.2. The van der Waals surface area contributed by atoms with Crippen molar-refractivity contribution in [3.05, 3.63) is 15.8 Å². The summed E-state index contributed by atoms with van der Waals surface area (Å²) < 4.78 is 5.68. The third kappa shape index (κ3) is 5.17.